The number of hydrogen-bond donors (Lipinski definition) is 2. The number of nitrogens with zero attached hydrogens (tertiary/aromatic N) is 2. The molecule has 2 aromatic heterocycles. The van der Waals surface area contributed by atoms with Crippen LogP contribution in [0.4, 0.5) is 0 Å². The molecule has 0 saturated heterocycles. The molecule has 0 fully saturated rings. The minimum Gasteiger partial charge on any atom is -0.383 e. The fourth-order valence-electron chi connectivity index (χ4n) is 3.62. The van der Waals surface area contributed by atoms with Crippen molar-refractivity contribution in [1.29, 1.82) is 0 Å². The highest BCUT2D eigenvalue weighted by molar-refractivity contribution is 5.98. The van der Waals surface area contributed by atoms with Crippen molar-refractivity contribution in [3.05, 3.63) is 66.1 Å². The van der Waals surface area contributed by atoms with Gasteiger partial charge in [-0.25, -0.2) is 4.98 Å². The van der Waals surface area contributed by atoms with Crippen LogP contribution in [-0.2, 0) is 11.3 Å². The van der Waals surface area contributed by atoms with Crippen molar-refractivity contribution >= 4 is 27.8 Å². The minimum absolute atomic E-state index is 0.101. The molecule has 0 unspecified atom stereocenters. The number of carbonyl (C=O) groups is 1. The van der Waals surface area contributed by atoms with Crippen molar-refractivity contribution in [2.24, 2.45) is 5.92 Å². The summed E-state index contributed by atoms with van der Waals surface area (Å²) in [5, 5.41) is 4.20. The molecular formula is C23H26N4O2. The number of para-hydroxylation sites is 2. The number of fused-ring (bicyclic) bond motifs is 2. The molecule has 6 heteroatoms. The lowest BCUT2D eigenvalue weighted by Crippen LogP contribution is -2.32. The summed E-state index contributed by atoms with van der Waals surface area (Å²) in [5.74, 6) is 0.871. The highest BCUT2D eigenvalue weighted by atomic mass is 16.5. The van der Waals surface area contributed by atoms with Crippen LogP contribution >= 0.6 is 0 Å². The van der Waals surface area contributed by atoms with Gasteiger partial charge in [-0.3, -0.25) is 4.79 Å². The molecule has 0 aliphatic carbocycles. The van der Waals surface area contributed by atoms with Gasteiger partial charge in [0.25, 0.3) is 5.91 Å². The second kappa shape index (κ2) is 8.09. The fraction of sp³-hybridized carbons (Fsp3) is 0.304. The molecular weight excluding hydrogens is 364 g/mol. The van der Waals surface area contributed by atoms with Crippen molar-refractivity contribution in [3.8, 4) is 0 Å². The Labute approximate surface area is 169 Å². The summed E-state index contributed by atoms with van der Waals surface area (Å²) in [7, 11) is 1.70. The molecule has 2 heterocycles. The molecule has 0 aliphatic rings. The zero-order chi connectivity index (χ0) is 20.4. The first-order chi connectivity index (χ1) is 14.1. The lowest BCUT2D eigenvalue weighted by atomic mass is 10.0. The number of hydrogen-bond acceptors (Lipinski definition) is 3. The van der Waals surface area contributed by atoms with Gasteiger partial charge in [-0.15, -0.1) is 0 Å². The maximum absolute atomic E-state index is 13.0. The summed E-state index contributed by atoms with van der Waals surface area (Å²) < 4.78 is 7.29. The minimum atomic E-state index is -0.197. The number of H-pyrrole nitrogens is 1. The Kier molecular flexibility index (Phi) is 5.36. The van der Waals surface area contributed by atoms with E-state index in [0.29, 0.717) is 12.2 Å². The van der Waals surface area contributed by atoms with Crippen LogP contribution < -0.4 is 5.32 Å². The number of aromatic nitrogens is 3. The highest BCUT2D eigenvalue weighted by Crippen LogP contribution is 2.24. The van der Waals surface area contributed by atoms with Crippen LogP contribution in [0.2, 0.25) is 0 Å². The Balaban J connectivity index is 1.57. The molecule has 6 nitrogen and oxygen atoms in total. The van der Waals surface area contributed by atoms with E-state index in [-0.39, 0.29) is 17.9 Å². The van der Waals surface area contributed by atoms with E-state index >= 15 is 0 Å². The Morgan fingerprint density at radius 2 is 2.03 bits per heavy atom. The Bertz CT molecular complexity index is 1110. The van der Waals surface area contributed by atoms with Gasteiger partial charge in [0.05, 0.1) is 23.7 Å². The SMILES string of the molecule is COCCn1ccc2cc(C(=O)N[C@@H](c3nc4ccccc4[nH]3)C(C)C)ccc21. The normalized spacial score (nSPS) is 12.7. The van der Waals surface area contributed by atoms with Crippen molar-refractivity contribution < 1.29 is 9.53 Å². The third kappa shape index (κ3) is 3.89. The molecule has 1 amide bonds. The van der Waals surface area contributed by atoms with E-state index < -0.39 is 0 Å². The first-order valence-corrected chi connectivity index (χ1v) is 9.90. The molecule has 4 aromatic rings. The summed E-state index contributed by atoms with van der Waals surface area (Å²) in [6.07, 6.45) is 2.02. The number of ether oxygens (including phenoxy) is 1. The molecule has 0 bridgehead atoms. The molecule has 2 aromatic carbocycles. The maximum Gasteiger partial charge on any atom is 0.251 e. The van der Waals surface area contributed by atoms with E-state index in [9.17, 15) is 4.79 Å². The second-order valence-corrected chi connectivity index (χ2v) is 7.61. The summed E-state index contributed by atoms with van der Waals surface area (Å²) in [5.41, 5.74) is 3.61. The van der Waals surface area contributed by atoms with E-state index in [0.717, 1.165) is 34.3 Å². The molecule has 0 spiro atoms. The zero-order valence-electron chi connectivity index (χ0n) is 17.0. The van der Waals surface area contributed by atoms with Gasteiger partial charge in [0.15, 0.2) is 0 Å². The Hall–Kier alpha value is -3.12. The third-order valence-corrected chi connectivity index (χ3v) is 5.23. The Morgan fingerprint density at radius 1 is 1.21 bits per heavy atom. The number of carbonyl (C=O) groups excluding carboxylic acids is 1. The molecule has 0 radical (unpaired) electrons. The first-order valence-electron chi connectivity index (χ1n) is 9.90. The Morgan fingerprint density at radius 3 is 2.79 bits per heavy atom. The number of imidazole rings is 1. The molecule has 4 rings (SSSR count). The third-order valence-electron chi connectivity index (χ3n) is 5.23. The maximum atomic E-state index is 13.0. The van der Waals surface area contributed by atoms with E-state index in [1.165, 1.54) is 0 Å². The van der Waals surface area contributed by atoms with Crippen molar-refractivity contribution in [3.63, 3.8) is 0 Å². The largest absolute Gasteiger partial charge is 0.383 e. The zero-order valence-corrected chi connectivity index (χ0v) is 17.0. The predicted octanol–water partition coefficient (Wildman–Crippen LogP) is 4.29. The van der Waals surface area contributed by atoms with Crippen LogP contribution in [0.1, 0.15) is 36.1 Å². The molecule has 29 heavy (non-hydrogen) atoms. The molecule has 150 valence electrons. The summed E-state index contributed by atoms with van der Waals surface area (Å²) in [6.45, 7) is 5.60. The van der Waals surface area contributed by atoms with E-state index in [2.05, 4.69) is 33.7 Å². The molecule has 1 atom stereocenters. The lowest BCUT2D eigenvalue weighted by Gasteiger charge is -2.20. The summed E-state index contributed by atoms with van der Waals surface area (Å²) in [4.78, 5) is 21.0. The van der Waals surface area contributed by atoms with Crippen LogP contribution in [-0.4, -0.2) is 34.2 Å². The summed E-state index contributed by atoms with van der Waals surface area (Å²) >= 11 is 0. The average Bonchev–Trinajstić information content (AvgIpc) is 3.33. The molecule has 2 N–H and O–H groups in total. The molecule has 0 saturated carbocycles. The highest BCUT2D eigenvalue weighted by Gasteiger charge is 2.22. The van der Waals surface area contributed by atoms with Crippen LogP contribution in [0, 0.1) is 5.92 Å². The van der Waals surface area contributed by atoms with Gasteiger partial charge in [-0.1, -0.05) is 26.0 Å². The van der Waals surface area contributed by atoms with Gasteiger partial charge >= 0.3 is 0 Å². The number of amides is 1. The van der Waals surface area contributed by atoms with Gasteiger partial charge in [0.2, 0.25) is 0 Å². The fourth-order valence-corrected chi connectivity index (χ4v) is 3.62. The standard InChI is InChI=1S/C23H26N4O2/c1-15(2)21(22-24-18-6-4-5-7-19(18)25-22)26-23(28)17-8-9-20-16(14-17)10-11-27(20)12-13-29-3/h4-11,14-15,21H,12-13H2,1-3H3,(H,24,25)(H,26,28)/t21-/m1/s1. The smallest absolute Gasteiger partial charge is 0.251 e. The quantitative estimate of drug-likeness (QED) is 0.494. The molecule has 0 aliphatic heterocycles. The number of aromatic amines is 1. The van der Waals surface area contributed by atoms with Crippen LogP contribution in [0.25, 0.3) is 21.9 Å². The predicted molar refractivity (Wildman–Crippen MR) is 115 cm³/mol. The van der Waals surface area contributed by atoms with Gasteiger partial charge in [-0.2, -0.15) is 0 Å². The number of nitrogens with one attached hydrogen (secondary N) is 2. The number of benzene rings is 2. The monoisotopic (exact) mass is 390 g/mol. The van der Waals surface area contributed by atoms with Gasteiger partial charge in [0.1, 0.15) is 5.82 Å². The average molecular weight is 390 g/mol. The van der Waals surface area contributed by atoms with Gasteiger partial charge in [0, 0.05) is 36.3 Å². The van der Waals surface area contributed by atoms with E-state index in [1.54, 1.807) is 7.11 Å². The van der Waals surface area contributed by atoms with Gasteiger partial charge < -0.3 is 19.6 Å². The lowest BCUT2D eigenvalue weighted by molar-refractivity contribution is 0.0923. The number of methoxy groups -OCH3 is 1. The van der Waals surface area contributed by atoms with E-state index in [4.69, 9.17) is 4.74 Å². The van der Waals surface area contributed by atoms with Gasteiger partial charge in [-0.05, 0) is 42.3 Å². The summed E-state index contributed by atoms with van der Waals surface area (Å²) in [6, 6.07) is 15.5. The first kappa shape index (κ1) is 19.2. The van der Waals surface area contributed by atoms with Crippen molar-refractivity contribution in [1.82, 2.24) is 19.9 Å². The van der Waals surface area contributed by atoms with Crippen molar-refractivity contribution in [2.45, 2.75) is 26.4 Å². The second-order valence-electron chi connectivity index (χ2n) is 7.61. The van der Waals surface area contributed by atoms with Crippen LogP contribution in [0.5, 0.6) is 0 Å². The van der Waals surface area contributed by atoms with Crippen LogP contribution in [0.15, 0.2) is 54.7 Å². The van der Waals surface area contributed by atoms with Crippen molar-refractivity contribution in [2.75, 3.05) is 13.7 Å². The van der Waals surface area contributed by atoms with Crippen LogP contribution in [0.3, 0.4) is 0 Å². The topological polar surface area (TPSA) is 71.9 Å². The number of rotatable bonds is 7. The van der Waals surface area contributed by atoms with E-state index in [1.807, 2.05) is 54.7 Å².